The molecule has 0 saturated carbocycles. The predicted molar refractivity (Wildman–Crippen MR) is 185 cm³/mol. The zero-order chi connectivity index (χ0) is 37.7. The SMILES string of the molecule is CC(C)(C)OC(=O)N1CCC[C@H](C=O)C1.CCOC(=O)/C=C/[C@H]1CCCN(C(=O)OC(C)(C)C)C1.CCOC(=O)CP(=O)(OCC)OCC. The number of hydrogen-bond donors (Lipinski definition) is 0. The lowest BCUT2D eigenvalue weighted by Gasteiger charge is -2.33. The van der Waals surface area contributed by atoms with E-state index in [1.54, 1.807) is 37.5 Å². The molecule has 49 heavy (non-hydrogen) atoms. The smallest absolute Gasteiger partial charge is 0.410 e. The third-order valence-electron chi connectivity index (χ3n) is 6.48. The standard InChI is InChI=1S/C15H25NO4.C11H19NO3.C8H17O5P/c1-5-19-13(17)9-8-12-7-6-10-16(11-12)14(18)20-15(2,3)4;1-11(2,3)15-10(14)12-6-4-5-9(7-12)8-13;1-4-11-8(9)7-14(10,12-5-2)13-6-3/h8-9,12H,5-7,10-11H2,1-4H3;8-9H,4-7H2,1-3H3;4-7H2,1-3H3/b9-8+;;/t12-;9-;/m10./s1. The average Bonchev–Trinajstić information content (AvgIpc) is 2.99. The van der Waals surface area contributed by atoms with Gasteiger partial charge in [0.15, 0.2) is 0 Å². The van der Waals surface area contributed by atoms with Crippen LogP contribution < -0.4 is 0 Å². The highest BCUT2D eigenvalue weighted by molar-refractivity contribution is 7.54. The molecule has 2 rings (SSSR count). The number of ether oxygens (including phenoxy) is 4. The van der Waals surface area contributed by atoms with E-state index in [0.29, 0.717) is 32.8 Å². The van der Waals surface area contributed by atoms with Crippen molar-refractivity contribution in [1.29, 1.82) is 0 Å². The van der Waals surface area contributed by atoms with Crippen molar-refractivity contribution in [2.24, 2.45) is 11.8 Å². The van der Waals surface area contributed by atoms with Crippen LogP contribution in [0.2, 0.25) is 0 Å². The first-order chi connectivity index (χ1) is 22.8. The van der Waals surface area contributed by atoms with E-state index in [1.165, 1.54) is 6.08 Å². The predicted octanol–water partition coefficient (Wildman–Crippen LogP) is 6.40. The highest BCUT2D eigenvalue weighted by atomic mass is 31.2. The number of carbonyl (C=O) groups excluding carboxylic acids is 5. The molecule has 14 nitrogen and oxygen atoms in total. The van der Waals surface area contributed by atoms with Crippen molar-refractivity contribution >= 4 is 38.0 Å². The van der Waals surface area contributed by atoms with Crippen LogP contribution in [0, 0.1) is 11.8 Å². The molecule has 2 heterocycles. The van der Waals surface area contributed by atoms with Crippen LogP contribution in [0.3, 0.4) is 0 Å². The maximum atomic E-state index is 12.0. The van der Waals surface area contributed by atoms with Gasteiger partial charge in [-0.05, 0) is 101 Å². The number of carbonyl (C=O) groups is 5. The van der Waals surface area contributed by atoms with Crippen LogP contribution in [0.5, 0.6) is 0 Å². The summed E-state index contributed by atoms with van der Waals surface area (Å²) in [4.78, 5) is 59.9. The maximum Gasteiger partial charge on any atom is 0.410 e. The van der Waals surface area contributed by atoms with E-state index in [0.717, 1.165) is 32.0 Å². The number of esters is 2. The molecule has 0 unspecified atom stereocenters. The van der Waals surface area contributed by atoms with Gasteiger partial charge in [-0.25, -0.2) is 14.4 Å². The number of amides is 2. The van der Waals surface area contributed by atoms with Crippen LogP contribution in [0.25, 0.3) is 0 Å². The van der Waals surface area contributed by atoms with Crippen molar-refractivity contribution in [2.75, 3.05) is 58.8 Å². The van der Waals surface area contributed by atoms with Crippen LogP contribution in [0.1, 0.15) is 94.9 Å². The van der Waals surface area contributed by atoms with E-state index in [9.17, 15) is 28.5 Å². The molecule has 284 valence electrons. The summed E-state index contributed by atoms with van der Waals surface area (Å²) in [6, 6.07) is 0. The molecule has 0 aromatic rings. The minimum Gasteiger partial charge on any atom is -0.466 e. The number of piperidine rings is 2. The van der Waals surface area contributed by atoms with Crippen molar-refractivity contribution in [2.45, 2.75) is 106 Å². The van der Waals surface area contributed by atoms with Crippen molar-refractivity contribution in [3.63, 3.8) is 0 Å². The summed E-state index contributed by atoms with van der Waals surface area (Å²) in [5.74, 6) is -0.730. The fourth-order valence-electron chi connectivity index (χ4n) is 4.56. The van der Waals surface area contributed by atoms with E-state index >= 15 is 0 Å². The van der Waals surface area contributed by atoms with Gasteiger partial charge in [-0.3, -0.25) is 9.36 Å². The topological polar surface area (TPSA) is 164 Å². The zero-order valence-electron chi connectivity index (χ0n) is 31.3. The number of nitrogens with zero attached hydrogens (tertiary/aromatic N) is 2. The van der Waals surface area contributed by atoms with E-state index < -0.39 is 24.8 Å². The number of aldehydes is 1. The first kappa shape index (κ1) is 46.0. The van der Waals surface area contributed by atoms with Crippen LogP contribution in [-0.2, 0) is 46.9 Å². The van der Waals surface area contributed by atoms with Crippen LogP contribution >= 0.6 is 7.60 Å². The van der Waals surface area contributed by atoms with Crippen molar-refractivity contribution in [3.8, 4) is 0 Å². The van der Waals surface area contributed by atoms with E-state index in [4.69, 9.17) is 23.3 Å². The molecule has 0 aromatic carbocycles. The second-order valence-corrected chi connectivity index (χ2v) is 15.4. The molecule has 2 fully saturated rings. The molecule has 0 aliphatic carbocycles. The van der Waals surface area contributed by atoms with Crippen LogP contribution in [0.15, 0.2) is 12.2 Å². The zero-order valence-corrected chi connectivity index (χ0v) is 32.2. The molecule has 0 aromatic heterocycles. The summed E-state index contributed by atoms with van der Waals surface area (Å²) in [5, 5.41) is 0. The third-order valence-corrected chi connectivity index (χ3v) is 8.43. The molecule has 2 aliphatic heterocycles. The van der Waals surface area contributed by atoms with Gasteiger partial charge in [-0.1, -0.05) is 6.08 Å². The Morgan fingerprint density at radius 1 is 0.714 bits per heavy atom. The van der Waals surface area contributed by atoms with Gasteiger partial charge in [0.25, 0.3) is 0 Å². The summed E-state index contributed by atoms with van der Waals surface area (Å²) in [7, 11) is -3.28. The Kier molecular flexibility index (Phi) is 22.0. The lowest BCUT2D eigenvalue weighted by atomic mass is 9.98. The van der Waals surface area contributed by atoms with Crippen LogP contribution in [0.4, 0.5) is 9.59 Å². The Hall–Kier alpha value is -2.96. The molecular weight excluding hydrogens is 659 g/mol. The molecule has 2 atom stereocenters. The van der Waals surface area contributed by atoms with Gasteiger partial charge < -0.3 is 42.6 Å². The quantitative estimate of drug-likeness (QED) is 0.0760. The first-order valence-corrected chi connectivity index (χ1v) is 18.8. The highest BCUT2D eigenvalue weighted by Crippen LogP contribution is 2.47. The van der Waals surface area contributed by atoms with Gasteiger partial charge in [-0.15, -0.1) is 0 Å². The van der Waals surface area contributed by atoms with E-state index in [-0.39, 0.29) is 56.0 Å². The molecule has 2 aliphatic rings. The fraction of sp³-hybridized carbons (Fsp3) is 0.794. The van der Waals surface area contributed by atoms with E-state index in [2.05, 4.69) is 4.74 Å². The minimum absolute atomic E-state index is 0.0220. The van der Waals surface area contributed by atoms with Gasteiger partial charge in [-0.2, -0.15) is 0 Å². The van der Waals surface area contributed by atoms with Gasteiger partial charge in [0.1, 0.15) is 23.7 Å². The fourth-order valence-corrected chi connectivity index (χ4v) is 6.02. The normalized spacial score (nSPS) is 18.2. The maximum absolute atomic E-state index is 12.0. The lowest BCUT2D eigenvalue weighted by Crippen LogP contribution is -2.43. The summed E-state index contributed by atoms with van der Waals surface area (Å²) < 4.78 is 41.7. The second kappa shape index (κ2) is 23.4. The summed E-state index contributed by atoms with van der Waals surface area (Å²) in [6.45, 7) is 21.5. The molecule has 0 radical (unpaired) electrons. The Labute approximate surface area is 293 Å². The van der Waals surface area contributed by atoms with Gasteiger partial charge >= 0.3 is 31.7 Å². The third kappa shape index (κ3) is 22.4. The van der Waals surface area contributed by atoms with Crippen molar-refractivity contribution < 1.29 is 56.5 Å². The molecule has 15 heteroatoms. The summed E-state index contributed by atoms with van der Waals surface area (Å²) in [6.07, 6.45) is 6.93. The lowest BCUT2D eigenvalue weighted by molar-refractivity contribution is -0.140. The van der Waals surface area contributed by atoms with Gasteiger partial charge in [0, 0.05) is 38.2 Å². The molecule has 2 amide bonds. The molecule has 0 N–H and O–H groups in total. The minimum atomic E-state index is -3.28. The Morgan fingerprint density at radius 3 is 1.57 bits per heavy atom. The van der Waals surface area contributed by atoms with Gasteiger partial charge in [0.2, 0.25) is 0 Å². The number of rotatable bonds is 11. The van der Waals surface area contributed by atoms with Gasteiger partial charge in [0.05, 0.1) is 26.4 Å². The molecule has 0 spiro atoms. The summed E-state index contributed by atoms with van der Waals surface area (Å²) in [5.41, 5.74) is -0.948. The average molecular weight is 721 g/mol. The second-order valence-electron chi connectivity index (χ2n) is 13.3. The van der Waals surface area contributed by atoms with E-state index in [1.807, 2.05) is 47.6 Å². The monoisotopic (exact) mass is 720 g/mol. The Morgan fingerprint density at radius 2 is 1.16 bits per heavy atom. The molecule has 2 saturated heterocycles. The van der Waals surface area contributed by atoms with Crippen LogP contribution in [-0.4, -0.2) is 110 Å². The Bertz CT molecular complexity index is 1090. The highest BCUT2D eigenvalue weighted by Gasteiger charge is 2.29. The molecular formula is C34H61N2O12P. The Balaban J connectivity index is 0.000000721. The first-order valence-electron chi connectivity index (χ1n) is 17.1. The number of likely N-dealkylation sites (tertiary alicyclic amines) is 2. The molecule has 0 bridgehead atoms. The van der Waals surface area contributed by atoms with Crippen molar-refractivity contribution in [3.05, 3.63) is 12.2 Å². The number of hydrogen-bond acceptors (Lipinski definition) is 12. The summed E-state index contributed by atoms with van der Waals surface area (Å²) >= 11 is 0. The van der Waals surface area contributed by atoms with Crippen molar-refractivity contribution in [1.82, 2.24) is 9.80 Å². The largest absolute Gasteiger partial charge is 0.466 e.